The Hall–Kier alpha value is -2.08. The lowest BCUT2D eigenvalue weighted by Gasteiger charge is -2.31. The fourth-order valence-corrected chi connectivity index (χ4v) is 4.09. The van der Waals surface area contributed by atoms with Crippen LogP contribution in [-0.4, -0.2) is 59.7 Å². The molecule has 122 valence electrons. The van der Waals surface area contributed by atoms with Gasteiger partial charge in [-0.15, -0.1) is 0 Å². The van der Waals surface area contributed by atoms with Gasteiger partial charge in [0.05, 0.1) is 25.7 Å². The molecule has 1 aromatic carbocycles. The van der Waals surface area contributed by atoms with Gasteiger partial charge < -0.3 is 19.3 Å². The van der Waals surface area contributed by atoms with Gasteiger partial charge >= 0.3 is 0 Å². The maximum Gasteiger partial charge on any atom is 0.254 e. The summed E-state index contributed by atoms with van der Waals surface area (Å²) in [7, 11) is 0. The van der Waals surface area contributed by atoms with Crippen LogP contribution < -0.4 is 4.74 Å². The second-order valence-electron chi connectivity index (χ2n) is 6.17. The summed E-state index contributed by atoms with van der Waals surface area (Å²) in [5, 5.41) is 0. The first kappa shape index (κ1) is 14.5. The van der Waals surface area contributed by atoms with E-state index in [1.54, 1.807) is 17.0 Å². The van der Waals surface area contributed by atoms with Crippen LogP contribution in [0, 0.1) is 0 Å². The highest BCUT2D eigenvalue weighted by atomic mass is 16.5. The average Bonchev–Trinajstić information content (AvgIpc) is 3.19. The molecule has 2 amide bonds. The van der Waals surface area contributed by atoms with Gasteiger partial charge in [-0.3, -0.25) is 9.59 Å². The number of hydrogen-bond donors (Lipinski definition) is 0. The van der Waals surface area contributed by atoms with Gasteiger partial charge in [-0.25, -0.2) is 0 Å². The van der Waals surface area contributed by atoms with Crippen LogP contribution in [0.2, 0.25) is 0 Å². The molecule has 0 saturated carbocycles. The Morgan fingerprint density at radius 1 is 1.43 bits per heavy atom. The van der Waals surface area contributed by atoms with E-state index in [4.69, 9.17) is 9.47 Å². The van der Waals surface area contributed by atoms with Gasteiger partial charge in [0, 0.05) is 25.1 Å². The van der Waals surface area contributed by atoms with E-state index < -0.39 is 5.72 Å². The molecule has 0 aromatic heterocycles. The van der Waals surface area contributed by atoms with Crippen molar-refractivity contribution in [2.75, 3.05) is 26.3 Å². The van der Waals surface area contributed by atoms with Crippen LogP contribution >= 0.6 is 0 Å². The highest BCUT2D eigenvalue weighted by molar-refractivity contribution is 5.96. The Bertz CT molecular complexity index is 662. The Morgan fingerprint density at radius 2 is 2.30 bits per heavy atom. The van der Waals surface area contributed by atoms with Crippen molar-refractivity contribution >= 4 is 11.8 Å². The third-order valence-electron chi connectivity index (χ3n) is 5.05. The summed E-state index contributed by atoms with van der Waals surface area (Å²) in [4.78, 5) is 28.7. The number of rotatable bonds is 3. The van der Waals surface area contributed by atoms with Crippen LogP contribution in [0.3, 0.4) is 0 Å². The number of amides is 2. The van der Waals surface area contributed by atoms with Crippen molar-refractivity contribution in [3.05, 3.63) is 29.8 Å². The zero-order valence-corrected chi connectivity index (χ0v) is 13.2. The van der Waals surface area contributed by atoms with E-state index in [-0.39, 0.29) is 17.9 Å². The van der Waals surface area contributed by atoms with Gasteiger partial charge in [0.2, 0.25) is 5.91 Å². The Kier molecular flexibility index (Phi) is 3.30. The normalized spacial score (nSPS) is 28.9. The number of benzene rings is 1. The zero-order valence-electron chi connectivity index (χ0n) is 13.2. The van der Waals surface area contributed by atoms with Crippen molar-refractivity contribution in [3.63, 3.8) is 0 Å². The molecule has 0 aliphatic carbocycles. The summed E-state index contributed by atoms with van der Waals surface area (Å²) >= 11 is 0. The Morgan fingerprint density at radius 3 is 3.13 bits per heavy atom. The van der Waals surface area contributed by atoms with E-state index in [1.807, 2.05) is 24.0 Å². The molecule has 3 fully saturated rings. The highest BCUT2D eigenvalue weighted by Crippen LogP contribution is 2.45. The van der Waals surface area contributed by atoms with E-state index in [0.29, 0.717) is 50.5 Å². The van der Waals surface area contributed by atoms with Gasteiger partial charge in [-0.1, -0.05) is 6.07 Å². The molecule has 1 aromatic rings. The topological polar surface area (TPSA) is 59.1 Å². The predicted molar refractivity (Wildman–Crippen MR) is 82.1 cm³/mol. The van der Waals surface area contributed by atoms with Crippen molar-refractivity contribution in [1.82, 2.24) is 9.80 Å². The van der Waals surface area contributed by atoms with Crippen LogP contribution in [0.15, 0.2) is 24.3 Å². The molecule has 0 N–H and O–H groups in total. The quantitative estimate of drug-likeness (QED) is 0.842. The number of carbonyl (C=O) groups excluding carboxylic acids is 2. The van der Waals surface area contributed by atoms with Crippen LogP contribution in [-0.2, 0) is 9.53 Å². The van der Waals surface area contributed by atoms with Gasteiger partial charge in [0.25, 0.3) is 5.91 Å². The minimum absolute atomic E-state index is 0.0569. The lowest BCUT2D eigenvalue weighted by Crippen LogP contribution is -2.48. The first-order chi connectivity index (χ1) is 11.2. The molecular weight excluding hydrogens is 296 g/mol. The first-order valence-corrected chi connectivity index (χ1v) is 8.14. The Labute approximate surface area is 134 Å². The van der Waals surface area contributed by atoms with E-state index >= 15 is 0 Å². The van der Waals surface area contributed by atoms with Gasteiger partial charge in [-0.2, -0.15) is 0 Å². The van der Waals surface area contributed by atoms with E-state index in [9.17, 15) is 9.59 Å². The summed E-state index contributed by atoms with van der Waals surface area (Å²) in [6, 6.07) is 7.04. The van der Waals surface area contributed by atoms with E-state index in [0.717, 1.165) is 0 Å². The predicted octanol–water partition coefficient (Wildman–Crippen LogP) is 1.26. The Balaban J connectivity index is 1.60. The highest BCUT2D eigenvalue weighted by Gasteiger charge is 2.62. The zero-order chi connectivity index (χ0) is 16.0. The van der Waals surface area contributed by atoms with Gasteiger partial charge in [-0.05, 0) is 25.1 Å². The molecule has 1 spiro atoms. The maximum absolute atomic E-state index is 12.9. The molecule has 6 heteroatoms. The van der Waals surface area contributed by atoms with Crippen LogP contribution in [0.4, 0.5) is 0 Å². The minimum Gasteiger partial charge on any atom is -0.494 e. The average molecular weight is 316 g/mol. The molecule has 2 atom stereocenters. The molecule has 6 nitrogen and oxygen atoms in total. The number of nitrogens with zero attached hydrogens (tertiary/aromatic N) is 2. The lowest BCUT2D eigenvalue weighted by molar-refractivity contribution is -0.136. The van der Waals surface area contributed by atoms with Crippen molar-refractivity contribution in [1.29, 1.82) is 0 Å². The number of hydrogen-bond acceptors (Lipinski definition) is 4. The summed E-state index contributed by atoms with van der Waals surface area (Å²) in [6.07, 6.45) is 1.05. The molecule has 3 aliphatic heterocycles. The summed E-state index contributed by atoms with van der Waals surface area (Å²) in [5.74, 6) is 0.722. The lowest BCUT2D eigenvalue weighted by atomic mass is 10.1. The van der Waals surface area contributed by atoms with Crippen molar-refractivity contribution in [2.24, 2.45) is 0 Å². The largest absolute Gasteiger partial charge is 0.494 e. The SMILES string of the molecule is CCOc1cccc(C(=O)N2CC[C@@]34OCCN3C(=O)C[C@@H]24)c1. The second kappa shape index (κ2) is 5.23. The molecule has 23 heavy (non-hydrogen) atoms. The van der Waals surface area contributed by atoms with Gasteiger partial charge in [0.15, 0.2) is 5.72 Å². The van der Waals surface area contributed by atoms with Gasteiger partial charge in [0.1, 0.15) is 5.75 Å². The molecule has 3 saturated heterocycles. The standard InChI is InChI=1S/C17H20N2O4/c1-2-22-13-5-3-4-12(10-13)16(21)18-7-6-17-14(18)11-15(20)19(17)8-9-23-17/h3-5,10,14H,2,6-9,11H2,1H3/t14-,17+/m1/s1. The second-order valence-corrected chi connectivity index (χ2v) is 6.17. The first-order valence-electron chi connectivity index (χ1n) is 8.14. The van der Waals surface area contributed by atoms with E-state index in [1.165, 1.54) is 0 Å². The summed E-state index contributed by atoms with van der Waals surface area (Å²) in [5.41, 5.74) is 0.0153. The van der Waals surface area contributed by atoms with Crippen molar-refractivity contribution < 1.29 is 19.1 Å². The smallest absolute Gasteiger partial charge is 0.254 e. The minimum atomic E-state index is -0.579. The number of carbonyl (C=O) groups is 2. The summed E-state index contributed by atoms with van der Waals surface area (Å²) in [6.45, 7) is 4.28. The molecular formula is C17H20N2O4. The molecule has 3 aliphatic rings. The maximum atomic E-state index is 12.9. The van der Waals surface area contributed by atoms with Crippen LogP contribution in [0.1, 0.15) is 30.1 Å². The monoisotopic (exact) mass is 316 g/mol. The number of ether oxygens (including phenoxy) is 2. The van der Waals surface area contributed by atoms with Crippen LogP contribution in [0.5, 0.6) is 5.75 Å². The fourth-order valence-electron chi connectivity index (χ4n) is 4.09. The third-order valence-corrected chi connectivity index (χ3v) is 5.05. The summed E-state index contributed by atoms with van der Waals surface area (Å²) < 4.78 is 11.4. The third kappa shape index (κ3) is 2.05. The molecule has 4 rings (SSSR count). The van der Waals surface area contributed by atoms with E-state index in [2.05, 4.69) is 0 Å². The molecule has 3 heterocycles. The number of likely N-dealkylation sites (tertiary alicyclic amines) is 1. The fraction of sp³-hybridized carbons (Fsp3) is 0.529. The molecule has 0 unspecified atom stereocenters. The molecule has 0 radical (unpaired) electrons. The van der Waals surface area contributed by atoms with Crippen LogP contribution in [0.25, 0.3) is 0 Å². The molecule has 0 bridgehead atoms. The van der Waals surface area contributed by atoms with Crippen molar-refractivity contribution in [3.8, 4) is 5.75 Å². The van der Waals surface area contributed by atoms with Crippen molar-refractivity contribution in [2.45, 2.75) is 31.5 Å².